The molecule has 2 aromatic rings. The highest BCUT2D eigenvalue weighted by Crippen LogP contribution is 2.27. The van der Waals surface area contributed by atoms with E-state index in [1.807, 2.05) is 0 Å². The Bertz CT molecular complexity index is 717. The van der Waals surface area contributed by atoms with E-state index in [2.05, 4.69) is 5.32 Å². The molecule has 22 heavy (non-hydrogen) atoms. The number of nitro groups is 1. The normalized spacial score (nSPS) is 10.0. The standard InChI is InChI=1S/C13H9ClN2O5S/c14-8-3-4-10(16(19)20)9(6-8)15-12(17)7-21-13(18)11-2-1-5-22-11/h1-6H,7H2,(H,15,17). The van der Waals surface area contributed by atoms with Gasteiger partial charge >= 0.3 is 5.97 Å². The Balaban J connectivity index is 1.99. The molecule has 1 heterocycles. The lowest BCUT2D eigenvalue weighted by Crippen LogP contribution is -2.21. The maximum Gasteiger partial charge on any atom is 0.348 e. The Morgan fingerprint density at radius 1 is 1.36 bits per heavy atom. The van der Waals surface area contributed by atoms with Crippen LogP contribution in [0.5, 0.6) is 0 Å². The number of nitrogens with one attached hydrogen (secondary N) is 1. The lowest BCUT2D eigenvalue weighted by atomic mass is 10.2. The Hall–Kier alpha value is -2.45. The molecule has 0 atom stereocenters. The summed E-state index contributed by atoms with van der Waals surface area (Å²) >= 11 is 6.92. The number of ether oxygens (including phenoxy) is 1. The van der Waals surface area contributed by atoms with E-state index in [1.165, 1.54) is 29.5 Å². The van der Waals surface area contributed by atoms with Crippen molar-refractivity contribution in [2.45, 2.75) is 0 Å². The van der Waals surface area contributed by atoms with Gasteiger partial charge < -0.3 is 10.1 Å². The molecular weight excluding hydrogens is 332 g/mol. The number of nitrogens with zero attached hydrogens (tertiary/aromatic N) is 1. The number of thiophene rings is 1. The number of hydrogen-bond acceptors (Lipinski definition) is 6. The second kappa shape index (κ2) is 7.01. The minimum atomic E-state index is -0.699. The number of anilines is 1. The molecule has 1 N–H and O–H groups in total. The molecule has 1 amide bonds. The van der Waals surface area contributed by atoms with Crippen molar-refractivity contribution in [3.8, 4) is 0 Å². The van der Waals surface area contributed by atoms with Gasteiger partial charge in [0.05, 0.1) is 4.92 Å². The summed E-state index contributed by atoms with van der Waals surface area (Å²) < 4.78 is 4.81. The van der Waals surface area contributed by atoms with Crippen LogP contribution in [0.15, 0.2) is 35.7 Å². The van der Waals surface area contributed by atoms with Crippen LogP contribution in [0.2, 0.25) is 5.02 Å². The first kappa shape index (κ1) is 15.9. The Morgan fingerprint density at radius 3 is 2.77 bits per heavy atom. The van der Waals surface area contributed by atoms with Crippen LogP contribution in [0.1, 0.15) is 9.67 Å². The van der Waals surface area contributed by atoms with Gasteiger partial charge in [0.2, 0.25) is 0 Å². The average Bonchev–Trinajstić information content (AvgIpc) is 2.98. The minimum Gasteiger partial charge on any atom is -0.451 e. The summed E-state index contributed by atoms with van der Waals surface area (Å²) in [6.45, 7) is -0.555. The predicted octanol–water partition coefficient (Wildman–Crippen LogP) is 3.11. The predicted molar refractivity (Wildman–Crippen MR) is 81.3 cm³/mol. The molecule has 0 aliphatic carbocycles. The highest BCUT2D eigenvalue weighted by molar-refractivity contribution is 7.11. The van der Waals surface area contributed by atoms with Crippen molar-refractivity contribution in [2.24, 2.45) is 0 Å². The molecule has 0 spiro atoms. The molecule has 9 heteroatoms. The zero-order chi connectivity index (χ0) is 16.1. The van der Waals surface area contributed by atoms with Crippen LogP contribution in [-0.4, -0.2) is 23.4 Å². The minimum absolute atomic E-state index is 0.0605. The quantitative estimate of drug-likeness (QED) is 0.512. The average molecular weight is 341 g/mol. The third-order valence-electron chi connectivity index (χ3n) is 2.49. The molecule has 114 valence electrons. The Kier molecular flexibility index (Phi) is 5.08. The van der Waals surface area contributed by atoms with Gasteiger partial charge in [-0.2, -0.15) is 0 Å². The van der Waals surface area contributed by atoms with E-state index in [0.717, 1.165) is 0 Å². The molecule has 0 radical (unpaired) electrons. The Morgan fingerprint density at radius 2 is 2.14 bits per heavy atom. The van der Waals surface area contributed by atoms with Gasteiger partial charge in [-0.3, -0.25) is 14.9 Å². The van der Waals surface area contributed by atoms with E-state index >= 15 is 0 Å². The fourth-order valence-electron chi connectivity index (χ4n) is 1.55. The number of esters is 1. The second-order valence-corrected chi connectivity index (χ2v) is 5.40. The number of amides is 1. The van der Waals surface area contributed by atoms with Crippen molar-refractivity contribution in [1.82, 2.24) is 0 Å². The first-order chi connectivity index (χ1) is 10.5. The number of carbonyl (C=O) groups is 2. The fraction of sp³-hybridized carbons (Fsp3) is 0.0769. The number of hydrogen-bond donors (Lipinski definition) is 1. The molecule has 0 saturated carbocycles. The van der Waals surface area contributed by atoms with Crippen molar-refractivity contribution in [3.63, 3.8) is 0 Å². The number of halogens is 1. The summed E-state index contributed by atoms with van der Waals surface area (Å²) in [5.74, 6) is -1.33. The second-order valence-electron chi connectivity index (χ2n) is 4.02. The molecule has 0 fully saturated rings. The van der Waals surface area contributed by atoms with Crippen molar-refractivity contribution >= 4 is 46.2 Å². The lowest BCUT2D eigenvalue weighted by Gasteiger charge is -2.07. The number of benzene rings is 1. The van der Waals surface area contributed by atoms with Gasteiger partial charge in [0.1, 0.15) is 10.6 Å². The van der Waals surface area contributed by atoms with Gasteiger partial charge in [0.15, 0.2) is 6.61 Å². The molecule has 0 aliphatic heterocycles. The van der Waals surface area contributed by atoms with E-state index < -0.39 is 23.4 Å². The van der Waals surface area contributed by atoms with Crippen LogP contribution in [0.3, 0.4) is 0 Å². The summed E-state index contributed by atoms with van der Waals surface area (Å²) in [7, 11) is 0. The van der Waals surface area contributed by atoms with Crippen molar-refractivity contribution < 1.29 is 19.2 Å². The topological polar surface area (TPSA) is 98.5 Å². The Labute approximate surface area is 133 Å². The summed E-state index contributed by atoms with van der Waals surface area (Å²) in [6, 6.07) is 7.00. The van der Waals surface area contributed by atoms with E-state index in [4.69, 9.17) is 16.3 Å². The number of nitro benzene ring substituents is 1. The van der Waals surface area contributed by atoms with Crippen LogP contribution in [0.25, 0.3) is 0 Å². The van der Waals surface area contributed by atoms with Crippen LogP contribution in [0, 0.1) is 10.1 Å². The number of carbonyl (C=O) groups excluding carboxylic acids is 2. The molecule has 7 nitrogen and oxygen atoms in total. The zero-order valence-corrected chi connectivity index (χ0v) is 12.5. The van der Waals surface area contributed by atoms with E-state index in [9.17, 15) is 19.7 Å². The summed E-state index contributed by atoms with van der Waals surface area (Å²) in [5.41, 5.74) is -0.364. The van der Waals surface area contributed by atoms with Gasteiger partial charge in [-0.15, -0.1) is 11.3 Å². The molecule has 0 aliphatic rings. The smallest absolute Gasteiger partial charge is 0.348 e. The third-order valence-corrected chi connectivity index (χ3v) is 3.57. The van der Waals surface area contributed by atoms with E-state index in [0.29, 0.717) is 4.88 Å². The van der Waals surface area contributed by atoms with Gasteiger partial charge in [-0.25, -0.2) is 4.79 Å². The van der Waals surface area contributed by atoms with Crippen molar-refractivity contribution in [3.05, 3.63) is 55.7 Å². The van der Waals surface area contributed by atoms with Crippen molar-refractivity contribution in [2.75, 3.05) is 11.9 Å². The summed E-state index contributed by atoms with van der Waals surface area (Å²) in [6.07, 6.45) is 0. The molecule has 2 rings (SSSR count). The SMILES string of the molecule is O=C(COC(=O)c1cccs1)Nc1cc(Cl)ccc1[N+](=O)[O-]. The van der Waals surface area contributed by atoms with E-state index in [-0.39, 0.29) is 16.4 Å². The molecule has 0 bridgehead atoms. The highest BCUT2D eigenvalue weighted by atomic mass is 35.5. The molecule has 1 aromatic carbocycles. The van der Waals surface area contributed by atoms with Gasteiger partial charge in [-0.05, 0) is 23.6 Å². The molecule has 0 unspecified atom stereocenters. The first-order valence-electron chi connectivity index (χ1n) is 5.92. The van der Waals surface area contributed by atoms with Gasteiger partial charge in [0.25, 0.3) is 11.6 Å². The largest absolute Gasteiger partial charge is 0.451 e. The van der Waals surface area contributed by atoms with Crippen LogP contribution < -0.4 is 5.32 Å². The molecule has 0 saturated heterocycles. The molecular formula is C13H9ClN2O5S. The molecule has 1 aromatic heterocycles. The zero-order valence-electron chi connectivity index (χ0n) is 10.9. The first-order valence-corrected chi connectivity index (χ1v) is 7.17. The van der Waals surface area contributed by atoms with Crippen molar-refractivity contribution in [1.29, 1.82) is 0 Å². The lowest BCUT2D eigenvalue weighted by molar-refractivity contribution is -0.383. The van der Waals surface area contributed by atoms with Gasteiger partial charge in [-0.1, -0.05) is 17.7 Å². The summed E-state index contributed by atoms with van der Waals surface area (Å²) in [4.78, 5) is 33.9. The fourth-order valence-corrected chi connectivity index (χ4v) is 2.34. The monoisotopic (exact) mass is 340 g/mol. The van der Waals surface area contributed by atoms with Crippen LogP contribution in [0.4, 0.5) is 11.4 Å². The highest BCUT2D eigenvalue weighted by Gasteiger charge is 2.17. The third kappa shape index (κ3) is 4.03. The van der Waals surface area contributed by atoms with Crippen LogP contribution >= 0.6 is 22.9 Å². The maximum absolute atomic E-state index is 11.7. The summed E-state index contributed by atoms with van der Waals surface area (Å²) in [5, 5.41) is 15.1. The van der Waals surface area contributed by atoms with Gasteiger partial charge in [0, 0.05) is 11.1 Å². The number of rotatable bonds is 5. The maximum atomic E-state index is 11.7. The van der Waals surface area contributed by atoms with E-state index in [1.54, 1.807) is 17.5 Å². The van der Waals surface area contributed by atoms with Crippen LogP contribution in [-0.2, 0) is 9.53 Å².